The maximum absolute atomic E-state index is 12.8. The number of aliphatic hydroxyl groups excluding tert-OH is 1. The van der Waals surface area contributed by atoms with Gasteiger partial charge < -0.3 is 10.4 Å². The Morgan fingerprint density at radius 1 is 1.25 bits per heavy atom. The van der Waals surface area contributed by atoms with Crippen molar-refractivity contribution in [3.05, 3.63) is 30.1 Å². The van der Waals surface area contributed by atoms with Crippen LogP contribution in [0.2, 0.25) is 0 Å². The van der Waals surface area contributed by atoms with Gasteiger partial charge in [-0.15, -0.1) is 11.8 Å². The van der Waals surface area contributed by atoms with Crippen LogP contribution in [0.4, 0.5) is 4.39 Å². The molecule has 1 aromatic carbocycles. The fraction of sp³-hybridized carbons (Fsp3) is 0.625. The summed E-state index contributed by atoms with van der Waals surface area (Å²) in [6.45, 7) is 5.38. The Morgan fingerprint density at radius 3 is 2.50 bits per heavy atom. The van der Waals surface area contributed by atoms with Crippen LogP contribution in [0.25, 0.3) is 0 Å². The average molecular weight is 299 g/mol. The summed E-state index contributed by atoms with van der Waals surface area (Å²) in [6.07, 6.45) is 4.01. The predicted octanol–water partition coefficient (Wildman–Crippen LogP) is 3.84. The molecule has 0 saturated heterocycles. The highest BCUT2D eigenvalue weighted by molar-refractivity contribution is 7.99. The number of hydrogen-bond acceptors (Lipinski definition) is 3. The second kappa shape index (κ2) is 9.37. The van der Waals surface area contributed by atoms with Gasteiger partial charge in [0.1, 0.15) is 5.82 Å². The second-order valence-electron chi connectivity index (χ2n) is 5.12. The number of halogens is 1. The maximum atomic E-state index is 12.8. The summed E-state index contributed by atoms with van der Waals surface area (Å²) < 4.78 is 12.8. The van der Waals surface area contributed by atoms with E-state index in [0.29, 0.717) is 0 Å². The summed E-state index contributed by atoms with van der Waals surface area (Å²) in [5, 5.41) is 13.1. The Bertz CT molecular complexity index is 365. The van der Waals surface area contributed by atoms with Crippen LogP contribution in [-0.4, -0.2) is 29.5 Å². The lowest BCUT2D eigenvalue weighted by Gasteiger charge is -2.32. The molecule has 2 N–H and O–H groups in total. The molecule has 0 aliphatic rings. The van der Waals surface area contributed by atoms with E-state index in [2.05, 4.69) is 19.2 Å². The molecule has 4 heteroatoms. The first-order chi connectivity index (χ1) is 9.65. The molecule has 0 aliphatic heterocycles. The minimum atomic E-state index is -0.191. The van der Waals surface area contributed by atoms with Gasteiger partial charge >= 0.3 is 0 Å². The van der Waals surface area contributed by atoms with Crippen LogP contribution < -0.4 is 5.32 Å². The van der Waals surface area contributed by atoms with Crippen molar-refractivity contribution in [1.29, 1.82) is 0 Å². The number of aliphatic hydroxyl groups is 1. The molecule has 0 amide bonds. The van der Waals surface area contributed by atoms with Gasteiger partial charge in [-0.05, 0) is 62.2 Å². The number of rotatable bonds is 10. The molecular formula is C16H26FNOS. The summed E-state index contributed by atoms with van der Waals surface area (Å²) >= 11 is 1.74. The van der Waals surface area contributed by atoms with Crippen molar-refractivity contribution < 1.29 is 9.50 Å². The van der Waals surface area contributed by atoms with Crippen LogP contribution in [0.15, 0.2) is 29.2 Å². The largest absolute Gasteiger partial charge is 0.394 e. The molecule has 1 unspecified atom stereocenters. The Balaban J connectivity index is 2.34. The highest BCUT2D eigenvalue weighted by Gasteiger charge is 2.25. The minimum Gasteiger partial charge on any atom is -0.394 e. The van der Waals surface area contributed by atoms with E-state index < -0.39 is 0 Å². The predicted molar refractivity (Wildman–Crippen MR) is 84.8 cm³/mol. The Morgan fingerprint density at radius 2 is 1.95 bits per heavy atom. The Kier molecular flexibility index (Phi) is 8.19. The third kappa shape index (κ3) is 5.81. The van der Waals surface area contributed by atoms with E-state index in [1.165, 1.54) is 12.1 Å². The summed E-state index contributed by atoms with van der Waals surface area (Å²) in [5.41, 5.74) is -0.140. The normalized spacial score (nSPS) is 14.2. The van der Waals surface area contributed by atoms with E-state index in [1.54, 1.807) is 11.8 Å². The molecular weight excluding hydrogens is 273 g/mol. The van der Waals surface area contributed by atoms with E-state index in [0.717, 1.165) is 42.9 Å². The van der Waals surface area contributed by atoms with Gasteiger partial charge in [0, 0.05) is 10.4 Å². The topological polar surface area (TPSA) is 32.3 Å². The molecule has 0 fully saturated rings. The van der Waals surface area contributed by atoms with Crippen molar-refractivity contribution in [1.82, 2.24) is 5.32 Å². The number of hydrogen-bond donors (Lipinski definition) is 2. The van der Waals surface area contributed by atoms with Crippen molar-refractivity contribution >= 4 is 11.8 Å². The van der Waals surface area contributed by atoms with Gasteiger partial charge in [0.15, 0.2) is 0 Å². The SMILES string of the molecule is CCCNC(CC)(CO)CCCSc1ccc(F)cc1. The molecule has 20 heavy (non-hydrogen) atoms. The summed E-state index contributed by atoms with van der Waals surface area (Å²) in [4.78, 5) is 1.10. The molecule has 0 saturated carbocycles. The van der Waals surface area contributed by atoms with Gasteiger partial charge in [-0.25, -0.2) is 4.39 Å². The van der Waals surface area contributed by atoms with Gasteiger partial charge in [-0.2, -0.15) is 0 Å². The van der Waals surface area contributed by atoms with Crippen molar-refractivity contribution in [2.24, 2.45) is 0 Å². The van der Waals surface area contributed by atoms with Gasteiger partial charge in [0.05, 0.1) is 6.61 Å². The Labute approximate surface area is 126 Å². The molecule has 114 valence electrons. The fourth-order valence-electron chi connectivity index (χ4n) is 2.16. The quantitative estimate of drug-likeness (QED) is 0.508. The maximum Gasteiger partial charge on any atom is 0.123 e. The van der Waals surface area contributed by atoms with E-state index in [4.69, 9.17) is 0 Å². The average Bonchev–Trinajstić information content (AvgIpc) is 2.49. The molecule has 1 atom stereocenters. The lowest BCUT2D eigenvalue weighted by atomic mass is 9.91. The van der Waals surface area contributed by atoms with Crippen molar-refractivity contribution in [2.75, 3.05) is 18.9 Å². The lowest BCUT2D eigenvalue weighted by molar-refractivity contribution is 0.146. The number of thioether (sulfide) groups is 1. The van der Waals surface area contributed by atoms with Gasteiger partial charge in [-0.3, -0.25) is 0 Å². The smallest absolute Gasteiger partial charge is 0.123 e. The van der Waals surface area contributed by atoms with Crippen LogP contribution in [0, 0.1) is 5.82 Å². The van der Waals surface area contributed by atoms with Crippen LogP contribution in [0.1, 0.15) is 39.5 Å². The molecule has 1 rings (SSSR count). The van der Waals surface area contributed by atoms with Crippen molar-refractivity contribution in [2.45, 2.75) is 50.0 Å². The summed E-state index contributed by atoms with van der Waals surface area (Å²) in [7, 11) is 0. The monoisotopic (exact) mass is 299 g/mol. The van der Waals surface area contributed by atoms with E-state index >= 15 is 0 Å². The zero-order valence-corrected chi connectivity index (χ0v) is 13.3. The van der Waals surface area contributed by atoms with Crippen molar-refractivity contribution in [3.63, 3.8) is 0 Å². The summed E-state index contributed by atoms with van der Waals surface area (Å²) in [5.74, 6) is 0.796. The molecule has 1 aromatic rings. The van der Waals surface area contributed by atoms with E-state index in [1.807, 2.05) is 12.1 Å². The van der Waals surface area contributed by atoms with Gasteiger partial charge in [0.25, 0.3) is 0 Å². The van der Waals surface area contributed by atoms with E-state index in [-0.39, 0.29) is 18.0 Å². The van der Waals surface area contributed by atoms with Gasteiger partial charge in [-0.1, -0.05) is 13.8 Å². The standard InChI is InChI=1S/C16H26FNOS/c1-3-11-18-16(4-2,13-19)10-5-12-20-15-8-6-14(17)7-9-15/h6-9,18-19H,3-5,10-13H2,1-2H3. The van der Waals surface area contributed by atoms with Gasteiger partial charge in [0.2, 0.25) is 0 Å². The molecule has 2 nitrogen and oxygen atoms in total. The first-order valence-corrected chi connectivity index (χ1v) is 8.38. The Hall–Kier alpha value is -0.580. The third-order valence-electron chi connectivity index (χ3n) is 3.61. The molecule has 0 aromatic heterocycles. The minimum absolute atomic E-state index is 0.140. The number of benzene rings is 1. The zero-order valence-electron chi connectivity index (χ0n) is 12.5. The van der Waals surface area contributed by atoms with Crippen LogP contribution >= 0.6 is 11.8 Å². The molecule has 0 spiro atoms. The first-order valence-electron chi connectivity index (χ1n) is 7.40. The fourth-order valence-corrected chi connectivity index (χ4v) is 3.01. The molecule has 0 bridgehead atoms. The van der Waals surface area contributed by atoms with E-state index in [9.17, 15) is 9.50 Å². The molecule has 0 heterocycles. The van der Waals surface area contributed by atoms with Crippen LogP contribution in [0.3, 0.4) is 0 Å². The van der Waals surface area contributed by atoms with Crippen LogP contribution in [-0.2, 0) is 0 Å². The first kappa shape index (κ1) is 17.5. The van der Waals surface area contributed by atoms with Crippen molar-refractivity contribution in [3.8, 4) is 0 Å². The molecule has 0 aliphatic carbocycles. The highest BCUT2D eigenvalue weighted by atomic mass is 32.2. The second-order valence-corrected chi connectivity index (χ2v) is 6.29. The van der Waals surface area contributed by atoms with Crippen LogP contribution in [0.5, 0.6) is 0 Å². The molecule has 0 radical (unpaired) electrons. The lowest BCUT2D eigenvalue weighted by Crippen LogP contribution is -2.48. The number of nitrogens with one attached hydrogen (secondary N) is 1. The highest BCUT2D eigenvalue weighted by Crippen LogP contribution is 2.23. The zero-order chi connectivity index (χ0) is 14.8. The summed E-state index contributed by atoms with van der Waals surface area (Å²) in [6, 6.07) is 6.62. The third-order valence-corrected chi connectivity index (χ3v) is 4.71.